The molecule has 0 radical (unpaired) electrons. The molecular weight excluding hydrogens is 345 g/mol. The van der Waals surface area contributed by atoms with Crippen LogP contribution in [0.5, 0.6) is 0 Å². The zero-order valence-electron chi connectivity index (χ0n) is 15.2. The molecule has 146 valence electrons. The highest BCUT2D eigenvalue weighted by Gasteiger charge is 2.42. The zero-order valence-corrected chi connectivity index (χ0v) is 15.2. The first-order valence-corrected chi connectivity index (χ1v) is 8.91. The molecule has 4 atom stereocenters. The van der Waals surface area contributed by atoms with Crippen molar-refractivity contribution >= 4 is 11.7 Å². The maximum Gasteiger partial charge on any atom is 0.351 e. The van der Waals surface area contributed by atoms with Crippen LogP contribution in [0.3, 0.4) is 0 Å². The van der Waals surface area contributed by atoms with Gasteiger partial charge in [0.2, 0.25) is 5.91 Å². The van der Waals surface area contributed by atoms with Gasteiger partial charge in [-0.3, -0.25) is 9.36 Å². The van der Waals surface area contributed by atoms with E-state index in [1.807, 2.05) is 13.8 Å². The Labute approximate surface area is 151 Å². The SMILES string of the molecule is CCCC(CCC)C(=O)Nc1nc(=O)n([C@@H]2O[C@H](C)[C@@H](O)[C@H]2O)cc1F. The van der Waals surface area contributed by atoms with Gasteiger partial charge in [0.05, 0.1) is 12.3 Å². The number of aromatic nitrogens is 2. The monoisotopic (exact) mass is 371 g/mol. The van der Waals surface area contributed by atoms with Gasteiger partial charge in [-0.2, -0.15) is 4.98 Å². The van der Waals surface area contributed by atoms with E-state index in [2.05, 4.69) is 10.3 Å². The smallest absolute Gasteiger partial charge is 0.351 e. The van der Waals surface area contributed by atoms with Crippen molar-refractivity contribution in [3.05, 3.63) is 22.5 Å². The van der Waals surface area contributed by atoms with Crippen molar-refractivity contribution in [3.8, 4) is 0 Å². The second-order valence-corrected chi connectivity index (χ2v) is 6.60. The van der Waals surface area contributed by atoms with Gasteiger partial charge >= 0.3 is 5.69 Å². The lowest BCUT2D eigenvalue weighted by atomic mass is 9.97. The van der Waals surface area contributed by atoms with Crippen LogP contribution in [0.4, 0.5) is 10.2 Å². The summed E-state index contributed by atoms with van der Waals surface area (Å²) in [4.78, 5) is 28.1. The number of hydrogen-bond acceptors (Lipinski definition) is 6. The summed E-state index contributed by atoms with van der Waals surface area (Å²) >= 11 is 0. The van der Waals surface area contributed by atoms with Crippen LogP contribution in [0, 0.1) is 11.7 Å². The van der Waals surface area contributed by atoms with Gasteiger partial charge in [0.15, 0.2) is 17.9 Å². The van der Waals surface area contributed by atoms with Crippen LogP contribution in [0.15, 0.2) is 11.0 Å². The van der Waals surface area contributed by atoms with Crippen LogP contribution in [0.25, 0.3) is 0 Å². The summed E-state index contributed by atoms with van der Waals surface area (Å²) < 4.78 is 20.4. The fourth-order valence-electron chi connectivity index (χ4n) is 3.09. The summed E-state index contributed by atoms with van der Waals surface area (Å²) in [6, 6.07) is 0. The van der Waals surface area contributed by atoms with Gasteiger partial charge in [-0.15, -0.1) is 0 Å². The normalized spacial score (nSPS) is 25.7. The van der Waals surface area contributed by atoms with E-state index in [0.29, 0.717) is 12.8 Å². The first kappa shape index (κ1) is 20.5. The minimum absolute atomic E-state index is 0.274. The second kappa shape index (κ2) is 8.70. The molecule has 9 heteroatoms. The Morgan fingerprint density at radius 3 is 2.46 bits per heavy atom. The number of nitrogens with zero attached hydrogens (tertiary/aromatic N) is 2. The lowest BCUT2D eigenvalue weighted by Crippen LogP contribution is -2.36. The number of halogens is 1. The Morgan fingerprint density at radius 2 is 1.96 bits per heavy atom. The van der Waals surface area contributed by atoms with E-state index in [0.717, 1.165) is 23.6 Å². The molecule has 0 spiro atoms. The molecule has 1 fully saturated rings. The molecule has 8 nitrogen and oxygen atoms in total. The molecular formula is C17H26FN3O5. The van der Waals surface area contributed by atoms with Gasteiger partial charge in [0, 0.05) is 5.92 Å². The molecule has 0 aliphatic carbocycles. The van der Waals surface area contributed by atoms with E-state index >= 15 is 0 Å². The number of ether oxygens (including phenoxy) is 1. The van der Waals surface area contributed by atoms with Gasteiger partial charge in [0.1, 0.15) is 12.2 Å². The third-order valence-corrected chi connectivity index (χ3v) is 4.54. The molecule has 1 aromatic rings. The third-order valence-electron chi connectivity index (χ3n) is 4.54. The third kappa shape index (κ3) is 4.28. The fraction of sp³-hybridized carbons (Fsp3) is 0.706. The minimum Gasteiger partial charge on any atom is -0.388 e. The topological polar surface area (TPSA) is 114 Å². The van der Waals surface area contributed by atoms with Crippen molar-refractivity contribution < 1.29 is 24.1 Å². The summed E-state index contributed by atoms with van der Waals surface area (Å²) in [5.41, 5.74) is -0.894. The first-order chi connectivity index (χ1) is 12.3. The quantitative estimate of drug-likeness (QED) is 0.663. The summed E-state index contributed by atoms with van der Waals surface area (Å²) in [6.45, 7) is 5.44. The Kier molecular flexibility index (Phi) is 6.85. The highest BCUT2D eigenvalue weighted by molar-refractivity contribution is 5.91. The number of amides is 1. The molecule has 1 amide bonds. The Morgan fingerprint density at radius 1 is 1.35 bits per heavy atom. The highest BCUT2D eigenvalue weighted by Crippen LogP contribution is 2.28. The molecule has 1 aliphatic rings. The summed E-state index contributed by atoms with van der Waals surface area (Å²) in [5.74, 6) is -2.02. The summed E-state index contributed by atoms with van der Waals surface area (Å²) in [6.07, 6.45) is -0.772. The van der Waals surface area contributed by atoms with E-state index < -0.39 is 41.9 Å². The zero-order chi connectivity index (χ0) is 19.4. The second-order valence-electron chi connectivity index (χ2n) is 6.60. The lowest BCUT2D eigenvalue weighted by Gasteiger charge is -2.18. The highest BCUT2D eigenvalue weighted by atomic mass is 19.1. The average molecular weight is 371 g/mol. The standard InChI is InChI=1S/C17H26FN3O5/c1-4-6-10(7-5-2)15(24)19-14-11(18)8-21(17(25)20-14)16-13(23)12(22)9(3)26-16/h8-10,12-13,16,22-23H,4-7H2,1-3H3,(H,19,20,24,25)/t9-,12-,13-,16-/m1/s1. The number of carbonyl (C=O) groups excluding carboxylic acids is 1. The van der Waals surface area contributed by atoms with Crippen LogP contribution < -0.4 is 11.0 Å². The predicted molar refractivity (Wildman–Crippen MR) is 92.0 cm³/mol. The Hall–Kier alpha value is -1.84. The van der Waals surface area contributed by atoms with Crippen LogP contribution >= 0.6 is 0 Å². The number of nitrogens with one attached hydrogen (secondary N) is 1. The first-order valence-electron chi connectivity index (χ1n) is 8.91. The number of aliphatic hydroxyl groups is 2. The number of aliphatic hydroxyl groups excluding tert-OH is 2. The van der Waals surface area contributed by atoms with Crippen LogP contribution in [-0.2, 0) is 9.53 Å². The minimum atomic E-state index is -1.39. The van der Waals surface area contributed by atoms with Crippen molar-refractivity contribution in [1.29, 1.82) is 0 Å². The molecule has 26 heavy (non-hydrogen) atoms. The lowest BCUT2D eigenvalue weighted by molar-refractivity contribution is -0.120. The fourth-order valence-corrected chi connectivity index (χ4v) is 3.09. The van der Waals surface area contributed by atoms with Crippen molar-refractivity contribution in [3.63, 3.8) is 0 Å². The van der Waals surface area contributed by atoms with Gasteiger partial charge < -0.3 is 20.3 Å². The largest absolute Gasteiger partial charge is 0.388 e. The summed E-state index contributed by atoms with van der Waals surface area (Å²) in [7, 11) is 0. The number of rotatable bonds is 7. The van der Waals surface area contributed by atoms with E-state index in [4.69, 9.17) is 4.74 Å². The molecule has 1 aromatic heterocycles. The molecule has 0 bridgehead atoms. The molecule has 2 rings (SSSR count). The van der Waals surface area contributed by atoms with Crippen molar-refractivity contribution in [2.24, 2.45) is 5.92 Å². The van der Waals surface area contributed by atoms with Crippen LogP contribution in [0.1, 0.15) is 52.7 Å². The molecule has 0 unspecified atom stereocenters. The number of carbonyl (C=O) groups is 1. The molecule has 0 aromatic carbocycles. The Balaban J connectivity index is 2.22. The molecule has 1 aliphatic heterocycles. The van der Waals surface area contributed by atoms with Gasteiger partial charge in [-0.05, 0) is 19.8 Å². The van der Waals surface area contributed by atoms with E-state index in [1.165, 1.54) is 6.92 Å². The maximum atomic E-state index is 14.4. The van der Waals surface area contributed by atoms with Gasteiger partial charge in [-0.1, -0.05) is 26.7 Å². The van der Waals surface area contributed by atoms with Crippen molar-refractivity contribution in [2.75, 3.05) is 5.32 Å². The van der Waals surface area contributed by atoms with Gasteiger partial charge in [0.25, 0.3) is 0 Å². The van der Waals surface area contributed by atoms with Gasteiger partial charge in [-0.25, -0.2) is 9.18 Å². The number of anilines is 1. The Bertz CT molecular complexity index is 689. The van der Waals surface area contributed by atoms with Crippen molar-refractivity contribution in [2.45, 2.75) is 71.0 Å². The molecule has 3 N–H and O–H groups in total. The maximum absolute atomic E-state index is 14.4. The van der Waals surface area contributed by atoms with Crippen LogP contribution in [-0.4, -0.2) is 44.0 Å². The molecule has 1 saturated heterocycles. The van der Waals surface area contributed by atoms with Crippen LogP contribution in [0.2, 0.25) is 0 Å². The van der Waals surface area contributed by atoms with E-state index in [-0.39, 0.29) is 11.8 Å². The molecule has 0 saturated carbocycles. The van der Waals surface area contributed by atoms with Crippen molar-refractivity contribution in [1.82, 2.24) is 9.55 Å². The average Bonchev–Trinajstić information content (AvgIpc) is 2.85. The number of hydrogen-bond donors (Lipinski definition) is 3. The van der Waals surface area contributed by atoms with E-state index in [1.54, 1.807) is 0 Å². The predicted octanol–water partition coefficient (Wildman–Crippen LogP) is 1.18. The van der Waals surface area contributed by atoms with E-state index in [9.17, 15) is 24.2 Å². The molecule has 2 heterocycles. The summed E-state index contributed by atoms with van der Waals surface area (Å²) in [5, 5.41) is 22.1.